The van der Waals surface area contributed by atoms with Crippen LogP contribution < -0.4 is 10.6 Å². The average Bonchev–Trinajstić information content (AvgIpc) is 2.92. The van der Waals surface area contributed by atoms with E-state index in [1.807, 2.05) is 0 Å². The second kappa shape index (κ2) is 7.85. The SMILES string of the molecule is CC(CNCC(=O)NC1CCCC1)N1CCCCC1. The van der Waals surface area contributed by atoms with E-state index in [0.29, 0.717) is 18.6 Å². The Morgan fingerprint density at radius 1 is 1.16 bits per heavy atom. The van der Waals surface area contributed by atoms with E-state index in [9.17, 15) is 4.79 Å². The van der Waals surface area contributed by atoms with Gasteiger partial charge in [0.15, 0.2) is 0 Å². The molecule has 0 aromatic rings. The van der Waals surface area contributed by atoms with E-state index in [1.54, 1.807) is 0 Å². The smallest absolute Gasteiger partial charge is 0.234 e. The van der Waals surface area contributed by atoms with Gasteiger partial charge in [-0.1, -0.05) is 19.3 Å². The molecule has 0 spiro atoms. The molecule has 0 aromatic heterocycles. The molecule has 1 heterocycles. The third kappa shape index (κ3) is 5.11. The molecule has 2 fully saturated rings. The predicted octanol–water partition coefficient (Wildman–Crippen LogP) is 1.51. The number of likely N-dealkylation sites (tertiary alicyclic amines) is 1. The minimum atomic E-state index is 0.165. The van der Waals surface area contributed by atoms with Gasteiger partial charge in [-0.25, -0.2) is 0 Å². The number of nitrogens with one attached hydrogen (secondary N) is 2. The zero-order valence-corrected chi connectivity index (χ0v) is 12.3. The molecule has 110 valence electrons. The molecule has 1 atom stereocenters. The van der Waals surface area contributed by atoms with Crippen molar-refractivity contribution in [3.05, 3.63) is 0 Å². The van der Waals surface area contributed by atoms with Crippen molar-refractivity contribution in [2.45, 2.75) is 64.0 Å². The van der Waals surface area contributed by atoms with Gasteiger partial charge in [0.05, 0.1) is 6.54 Å². The number of nitrogens with zero attached hydrogens (tertiary/aromatic N) is 1. The van der Waals surface area contributed by atoms with Gasteiger partial charge in [-0.3, -0.25) is 9.69 Å². The number of hydrogen-bond donors (Lipinski definition) is 2. The summed E-state index contributed by atoms with van der Waals surface area (Å²) in [5.74, 6) is 0.165. The number of amides is 1. The van der Waals surface area contributed by atoms with Gasteiger partial charge in [0.2, 0.25) is 5.91 Å². The van der Waals surface area contributed by atoms with Gasteiger partial charge < -0.3 is 10.6 Å². The van der Waals surface area contributed by atoms with Crippen molar-refractivity contribution in [1.29, 1.82) is 0 Å². The number of hydrogen-bond acceptors (Lipinski definition) is 3. The van der Waals surface area contributed by atoms with Gasteiger partial charge >= 0.3 is 0 Å². The van der Waals surface area contributed by atoms with Crippen LogP contribution in [0.3, 0.4) is 0 Å². The molecule has 0 aromatic carbocycles. The van der Waals surface area contributed by atoms with Crippen LogP contribution in [0.2, 0.25) is 0 Å². The molecule has 4 heteroatoms. The largest absolute Gasteiger partial charge is 0.352 e. The fourth-order valence-corrected chi connectivity index (χ4v) is 3.23. The zero-order valence-electron chi connectivity index (χ0n) is 12.3. The van der Waals surface area contributed by atoms with Crippen molar-refractivity contribution in [3.8, 4) is 0 Å². The maximum absolute atomic E-state index is 11.8. The summed E-state index contributed by atoms with van der Waals surface area (Å²) < 4.78 is 0. The fraction of sp³-hybridized carbons (Fsp3) is 0.933. The zero-order chi connectivity index (χ0) is 13.5. The van der Waals surface area contributed by atoms with E-state index >= 15 is 0 Å². The van der Waals surface area contributed by atoms with E-state index in [4.69, 9.17) is 0 Å². The monoisotopic (exact) mass is 267 g/mol. The molecule has 2 N–H and O–H groups in total. The highest BCUT2D eigenvalue weighted by Crippen LogP contribution is 2.17. The van der Waals surface area contributed by atoms with Crippen LogP contribution in [0.1, 0.15) is 51.9 Å². The summed E-state index contributed by atoms with van der Waals surface area (Å²) in [7, 11) is 0. The Morgan fingerprint density at radius 2 is 1.84 bits per heavy atom. The Kier molecular flexibility index (Phi) is 6.11. The Bertz CT molecular complexity index is 271. The fourth-order valence-electron chi connectivity index (χ4n) is 3.23. The van der Waals surface area contributed by atoms with Gasteiger partial charge in [0.1, 0.15) is 0 Å². The first-order valence-electron chi connectivity index (χ1n) is 8.00. The molecule has 0 bridgehead atoms. The molecule has 1 aliphatic carbocycles. The molecule has 4 nitrogen and oxygen atoms in total. The van der Waals surface area contributed by atoms with Crippen molar-refractivity contribution in [2.24, 2.45) is 0 Å². The molecule has 2 rings (SSSR count). The van der Waals surface area contributed by atoms with E-state index in [2.05, 4.69) is 22.5 Å². The van der Waals surface area contributed by atoms with Crippen molar-refractivity contribution in [2.75, 3.05) is 26.2 Å². The van der Waals surface area contributed by atoms with Crippen LogP contribution in [0.25, 0.3) is 0 Å². The molecule has 19 heavy (non-hydrogen) atoms. The normalized spacial score (nSPS) is 23.4. The Labute approximate surface area is 117 Å². The highest BCUT2D eigenvalue weighted by atomic mass is 16.1. The summed E-state index contributed by atoms with van der Waals surface area (Å²) in [4.78, 5) is 14.3. The van der Waals surface area contributed by atoms with E-state index < -0.39 is 0 Å². The first kappa shape index (κ1) is 14.8. The maximum Gasteiger partial charge on any atom is 0.234 e. The van der Waals surface area contributed by atoms with Crippen molar-refractivity contribution in [1.82, 2.24) is 15.5 Å². The van der Waals surface area contributed by atoms with Crippen LogP contribution in [0.5, 0.6) is 0 Å². The maximum atomic E-state index is 11.8. The van der Waals surface area contributed by atoms with Crippen molar-refractivity contribution < 1.29 is 4.79 Å². The second-order valence-corrected chi connectivity index (χ2v) is 6.13. The Hall–Kier alpha value is -0.610. The third-order valence-corrected chi connectivity index (χ3v) is 4.46. The lowest BCUT2D eigenvalue weighted by molar-refractivity contribution is -0.120. The lowest BCUT2D eigenvalue weighted by atomic mass is 10.1. The lowest BCUT2D eigenvalue weighted by Gasteiger charge is -2.32. The molecule has 1 amide bonds. The quantitative estimate of drug-likeness (QED) is 0.767. The van der Waals surface area contributed by atoms with Gasteiger partial charge in [-0.15, -0.1) is 0 Å². The van der Waals surface area contributed by atoms with Crippen LogP contribution in [-0.4, -0.2) is 49.1 Å². The van der Waals surface area contributed by atoms with Crippen LogP contribution in [-0.2, 0) is 4.79 Å². The first-order valence-corrected chi connectivity index (χ1v) is 8.00. The summed E-state index contributed by atoms with van der Waals surface area (Å²) >= 11 is 0. The first-order chi connectivity index (χ1) is 9.25. The minimum Gasteiger partial charge on any atom is -0.352 e. The summed E-state index contributed by atoms with van der Waals surface area (Å²) in [6, 6.07) is 0.980. The van der Waals surface area contributed by atoms with Gasteiger partial charge in [-0.05, 0) is 45.7 Å². The Balaban J connectivity index is 1.55. The van der Waals surface area contributed by atoms with Gasteiger partial charge in [-0.2, -0.15) is 0 Å². The summed E-state index contributed by atoms with van der Waals surface area (Å²) in [6.07, 6.45) is 8.89. The molecule has 1 aliphatic heterocycles. The molecule has 2 aliphatic rings. The van der Waals surface area contributed by atoms with Gasteiger partial charge in [0, 0.05) is 18.6 Å². The minimum absolute atomic E-state index is 0.165. The van der Waals surface area contributed by atoms with E-state index in [1.165, 1.54) is 45.2 Å². The molecular formula is C15H29N3O. The summed E-state index contributed by atoms with van der Waals surface area (Å²) in [5.41, 5.74) is 0. The highest BCUT2D eigenvalue weighted by Gasteiger charge is 2.18. The topological polar surface area (TPSA) is 44.4 Å². The van der Waals surface area contributed by atoms with Gasteiger partial charge in [0.25, 0.3) is 0 Å². The van der Waals surface area contributed by atoms with E-state index in [0.717, 1.165) is 19.4 Å². The predicted molar refractivity (Wildman–Crippen MR) is 78.2 cm³/mol. The molecule has 1 saturated carbocycles. The van der Waals surface area contributed by atoms with Crippen LogP contribution >= 0.6 is 0 Å². The number of carbonyl (C=O) groups excluding carboxylic acids is 1. The standard InChI is InChI=1S/C15H29N3O/c1-13(18-9-5-2-6-10-18)11-16-12-15(19)17-14-7-3-4-8-14/h13-14,16H,2-12H2,1H3,(H,17,19). The number of rotatable bonds is 6. The molecule has 1 unspecified atom stereocenters. The summed E-state index contributed by atoms with van der Waals surface area (Å²) in [5, 5.41) is 6.42. The van der Waals surface area contributed by atoms with Crippen LogP contribution in [0, 0.1) is 0 Å². The third-order valence-electron chi connectivity index (χ3n) is 4.46. The second-order valence-electron chi connectivity index (χ2n) is 6.13. The highest BCUT2D eigenvalue weighted by molar-refractivity contribution is 5.78. The molecule has 0 radical (unpaired) electrons. The average molecular weight is 267 g/mol. The van der Waals surface area contributed by atoms with Crippen molar-refractivity contribution >= 4 is 5.91 Å². The Morgan fingerprint density at radius 3 is 2.53 bits per heavy atom. The van der Waals surface area contributed by atoms with Crippen molar-refractivity contribution in [3.63, 3.8) is 0 Å². The molecule has 1 saturated heterocycles. The summed E-state index contributed by atoms with van der Waals surface area (Å²) in [6.45, 7) is 6.08. The number of piperidine rings is 1. The number of carbonyl (C=O) groups is 1. The van der Waals surface area contributed by atoms with Crippen LogP contribution in [0.15, 0.2) is 0 Å². The lowest BCUT2D eigenvalue weighted by Crippen LogP contribution is -2.46. The molecular weight excluding hydrogens is 238 g/mol. The van der Waals surface area contributed by atoms with E-state index in [-0.39, 0.29) is 5.91 Å². The van der Waals surface area contributed by atoms with Crippen LogP contribution in [0.4, 0.5) is 0 Å².